The lowest BCUT2D eigenvalue weighted by Gasteiger charge is -2.14. The summed E-state index contributed by atoms with van der Waals surface area (Å²) in [4.78, 5) is 15.1. The number of alkyl halides is 3. The first-order chi connectivity index (χ1) is 10.3. The third-order valence-corrected chi connectivity index (χ3v) is 3.70. The number of urea groups is 1. The molecule has 118 valence electrons. The zero-order valence-electron chi connectivity index (χ0n) is 11.2. The van der Waals surface area contributed by atoms with Crippen molar-refractivity contribution in [1.29, 1.82) is 0 Å². The van der Waals surface area contributed by atoms with Gasteiger partial charge in [0.15, 0.2) is 10.8 Å². The molecule has 2 N–H and O–H groups in total. The molecule has 1 aromatic heterocycles. The van der Waals surface area contributed by atoms with Crippen LogP contribution in [0.3, 0.4) is 0 Å². The first kappa shape index (κ1) is 16.6. The first-order valence-electron chi connectivity index (χ1n) is 6.11. The van der Waals surface area contributed by atoms with Crippen molar-refractivity contribution in [2.75, 3.05) is 5.32 Å². The average molecular weight is 350 g/mol. The summed E-state index contributed by atoms with van der Waals surface area (Å²) < 4.78 is 37.2. The van der Waals surface area contributed by atoms with Crippen molar-refractivity contribution in [3.05, 3.63) is 45.9 Å². The molecule has 0 aliphatic heterocycles. The van der Waals surface area contributed by atoms with Crippen molar-refractivity contribution in [3.8, 4) is 0 Å². The van der Waals surface area contributed by atoms with Gasteiger partial charge in [-0.15, -0.1) is 11.3 Å². The standard InChI is InChI=1S/C13H11ClF3N3OS/c1-7(8-3-2-4-9(14)5-8)18-11(21)20-12-19-10(6-22-12)13(15,16)17/h2-7H,1H3,(H2,18,19,20,21). The van der Waals surface area contributed by atoms with Crippen molar-refractivity contribution in [2.24, 2.45) is 0 Å². The van der Waals surface area contributed by atoms with Crippen molar-refractivity contribution in [3.63, 3.8) is 0 Å². The summed E-state index contributed by atoms with van der Waals surface area (Å²) in [5, 5.41) is 6.12. The van der Waals surface area contributed by atoms with E-state index in [-0.39, 0.29) is 11.2 Å². The number of benzene rings is 1. The highest BCUT2D eigenvalue weighted by molar-refractivity contribution is 7.13. The minimum Gasteiger partial charge on any atom is -0.331 e. The smallest absolute Gasteiger partial charge is 0.331 e. The normalized spacial score (nSPS) is 12.8. The van der Waals surface area contributed by atoms with E-state index in [4.69, 9.17) is 11.6 Å². The van der Waals surface area contributed by atoms with E-state index in [0.29, 0.717) is 16.4 Å². The van der Waals surface area contributed by atoms with Crippen LogP contribution in [0.4, 0.5) is 23.1 Å². The summed E-state index contributed by atoms with van der Waals surface area (Å²) in [6.07, 6.45) is -4.53. The fourth-order valence-corrected chi connectivity index (χ4v) is 2.56. The number of hydrogen-bond acceptors (Lipinski definition) is 3. The Labute approximate surface area is 133 Å². The van der Waals surface area contributed by atoms with Crippen LogP contribution in [0.25, 0.3) is 0 Å². The molecular formula is C13H11ClF3N3OS. The summed E-state index contributed by atoms with van der Waals surface area (Å²) in [5.41, 5.74) is -0.256. The minimum atomic E-state index is -4.53. The molecule has 1 aromatic carbocycles. The molecule has 0 saturated heterocycles. The number of nitrogens with zero attached hydrogens (tertiary/aromatic N) is 1. The number of aromatic nitrogens is 1. The fourth-order valence-electron chi connectivity index (χ4n) is 1.65. The topological polar surface area (TPSA) is 54.0 Å². The Morgan fingerprint density at radius 1 is 1.41 bits per heavy atom. The molecule has 4 nitrogen and oxygen atoms in total. The first-order valence-corrected chi connectivity index (χ1v) is 7.37. The highest BCUT2D eigenvalue weighted by atomic mass is 35.5. The van der Waals surface area contributed by atoms with Crippen molar-refractivity contribution >= 4 is 34.1 Å². The van der Waals surface area contributed by atoms with Crippen LogP contribution in [0.15, 0.2) is 29.6 Å². The number of nitrogens with one attached hydrogen (secondary N) is 2. The number of halogens is 4. The molecule has 0 bridgehead atoms. The Balaban J connectivity index is 1.97. The van der Waals surface area contributed by atoms with Gasteiger partial charge in [-0.1, -0.05) is 23.7 Å². The number of thiazole rings is 1. The molecule has 0 saturated carbocycles. The summed E-state index contributed by atoms with van der Waals surface area (Å²) in [7, 11) is 0. The second-order valence-electron chi connectivity index (χ2n) is 4.41. The molecule has 2 rings (SSSR count). The van der Waals surface area contributed by atoms with Crippen LogP contribution in [0.1, 0.15) is 24.2 Å². The number of carbonyl (C=O) groups excluding carboxylic acids is 1. The van der Waals surface area contributed by atoms with E-state index in [9.17, 15) is 18.0 Å². The van der Waals surface area contributed by atoms with Gasteiger partial charge in [0, 0.05) is 10.4 Å². The maximum absolute atomic E-state index is 12.4. The van der Waals surface area contributed by atoms with E-state index in [1.165, 1.54) is 0 Å². The quantitative estimate of drug-likeness (QED) is 0.844. The van der Waals surface area contributed by atoms with Crippen molar-refractivity contribution in [1.82, 2.24) is 10.3 Å². The number of hydrogen-bond donors (Lipinski definition) is 2. The predicted molar refractivity (Wildman–Crippen MR) is 79.1 cm³/mol. The molecule has 1 atom stereocenters. The predicted octanol–water partition coefficient (Wildman–Crippen LogP) is 4.70. The molecule has 2 amide bonds. The SMILES string of the molecule is CC(NC(=O)Nc1nc(C(F)(F)F)cs1)c1cccc(Cl)c1. The maximum Gasteiger partial charge on any atom is 0.434 e. The third-order valence-electron chi connectivity index (χ3n) is 2.71. The van der Waals surface area contributed by atoms with Crippen LogP contribution >= 0.6 is 22.9 Å². The molecule has 2 aromatic rings. The number of amides is 2. The monoisotopic (exact) mass is 349 g/mol. The zero-order chi connectivity index (χ0) is 16.3. The Morgan fingerprint density at radius 3 is 2.73 bits per heavy atom. The van der Waals surface area contributed by atoms with Crippen LogP contribution in [0.2, 0.25) is 5.02 Å². The summed E-state index contributed by atoms with van der Waals surface area (Å²) in [5.74, 6) is 0. The molecule has 1 heterocycles. The summed E-state index contributed by atoms with van der Waals surface area (Å²) in [6.45, 7) is 1.73. The zero-order valence-corrected chi connectivity index (χ0v) is 12.8. The van der Waals surface area contributed by atoms with E-state index in [2.05, 4.69) is 15.6 Å². The van der Waals surface area contributed by atoms with Gasteiger partial charge in [-0.3, -0.25) is 5.32 Å². The molecule has 0 spiro atoms. The lowest BCUT2D eigenvalue weighted by atomic mass is 10.1. The van der Waals surface area contributed by atoms with Crippen LogP contribution in [-0.2, 0) is 6.18 Å². The number of rotatable bonds is 3. The molecular weight excluding hydrogens is 339 g/mol. The molecule has 0 radical (unpaired) electrons. The van der Waals surface area contributed by atoms with Gasteiger partial charge in [-0.2, -0.15) is 13.2 Å². The van der Waals surface area contributed by atoms with E-state index in [0.717, 1.165) is 10.9 Å². The Hall–Kier alpha value is -1.80. The van der Waals surface area contributed by atoms with Gasteiger partial charge in [0.25, 0.3) is 0 Å². The highest BCUT2D eigenvalue weighted by Gasteiger charge is 2.33. The highest BCUT2D eigenvalue weighted by Crippen LogP contribution is 2.31. The van der Waals surface area contributed by atoms with Gasteiger partial charge in [0.05, 0.1) is 6.04 Å². The van der Waals surface area contributed by atoms with E-state index >= 15 is 0 Å². The fraction of sp³-hybridized carbons (Fsp3) is 0.231. The minimum absolute atomic E-state index is 0.122. The summed E-state index contributed by atoms with van der Waals surface area (Å²) in [6, 6.07) is 5.91. The molecule has 0 aliphatic rings. The van der Waals surface area contributed by atoms with Gasteiger partial charge in [-0.25, -0.2) is 9.78 Å². The van der Waals surface area contributed by atoms with Crippen LogP contribution in [0, 0.1) is 0 Å². The van der Waals surface area contributed by atoms with Crippen LogP contribution < -0.4 is 10.6 Å². The van der Waals surface area contributed by atoms with Gasteiger partial charge < -0.3 is 5.32 Å². The van der Waals surface area contributed by atoms with E-state index < -0.39 is 17.9 Å². The molecule has 0 fully saturated rings. The summed E-state index contributed by atoms with van der Waals surface area (Å²) >= 11 is 6.56. The van der Waals surface area contributed by atoms with E-state index in [1.807, 2.05) is 0 Å². The lowest BCUT2D eigenvalue weighted by Crippen LogP contribution is -2.31. The van der Waals surface area contributed by atoms with Crippen LogP contribution in [0.5, 0.6) is 0 Å². The number of anilines is 1. The van der Waals surface area contributed by atoms with Gasteiger partial charge in [0.1, 0.15) is 0 Å². The van der Waals surface area contributed by atoms with Crippen molar-refractivity contribution < 1.29 is 18.0 Å². The van der Waals surface area contributed by atoms with Crippen LogP contribution in [-0.4, -0.2) is 11.0 Å². The Kier molecular flexibility index (Phi) is 4.92. The lowest BCUT2D eigenvalue weighted by molar-refractivity contribution is -0.140. The van der Waals surface area contributed by atoms with Gasteiger partial charge in [-0.05, 0) is 24.6 Å². The largest absolute Gasteiger partial charge is 0.434 e. The van der Waals surface area contributed by atoms with Crippen molar-refractivity contribution in [2.45, 2.75) is 19.1 Å². The van der Waals surface area contributed by atoms with Gasteiger partial charge >= 0.3 is 12.2 Å². The molecule has 22 heavy (non-hydrogen) atoms. The molecule has 1 unspecified atom stereocenters. The average Bonchev–Trinajstić information content (AvgIpc) is 2.87. The van der Waals surface area contributed by atoms with Gasteiger partial charge in [0.2, 0.25) is 0 Å². The second kappa shape index (κ2) is 6.53. The number of carbonyl (C=O) groups is 1. The Bertz CT molecular complexity index is 675. The molecule has 9 heteroatoms. The van der Waals surface area contributed by atoms with E-state index in [1.54, 1.807) is 31.2 Å². The maximum atomic E-state index is 12.4. The third kappa shape index (κ3) is 4.35. The Morgan fingerprint density at radius 2 is 2.14 bits per heavy atom. The molecule has 0 aliphatic carbocycles. The second-order valence-corrected chi connectivity index (χ2v) is 5.71.